The SMILES string of the molecule is O=C(NC[C@@H](O)CN1CCC(Oc2ccc(Cl)c(Cl)c2)CC1)c1ccc2c(O)n[nH]c2c1. The van der Waals surface area contributed by atoms with Gasteiger partial charge in [-0.15, -0.1) is 5.10 Å². The lowest BCUT2D eigenvalue weighted by atomic mass is 10.1. The maximum Gasteiger partial charge on any atom is 0.251 e. The summed E-state index contributed by atoms with van der Waals surface area (Å²) in [7, 11) is 0. The van der Waals surface area contributed by atoms with Gasteiger partial charge in [-0.1, -0.05) is 23.2 Å². The number of amides is 1. The Morgan fingerprint density at radius 1 is 1.22 bits per heavy atom. The predicted molar refractivity (Wildman–Crippen MR) is 123 cm³/mol. The number of hydrogen-bond donors (Lipinski definition) is 4. The van der Waals surface area contributed by atoms with Crippen LogP contribution in [0.4, 0.5) is 0 Å². The molecule has 1 aliphatic heterocycles. The van der Waals surface area contributed by atoms with Gasteiger partial charge >= 0.3 is 0 Å². The van der Waals surface area contributed by atoms with Crippen molar-refractivity contribution in [2.75, 3.05) is 26.2 Å². The summed E-state index contributed by atoms with van der Waals surface area (Å²) < 4.78 is 5.99. The van der Waals surface area contributed by atoms with Crippen molar-refractivity contribution < 1.29 is 19.7 Å². The lowest BCUT2D eigenvalue weighted by Crippen LogP contribution is -2.45. The Hall–Kier alpha value is -2.52. The van der Waals surface area contributed by atoms with Gasteiger partial charge in [-0.25, -0.2) is 0 Å². The van der Waals surface area contributed by atoms with Gasteiger partial charge in [0.1, 0.15) is 11.9 Å². The number of aromatic amines is 1. The summed E-state index contributed by atoms with van der Waals surface area (Å²) in [4.78, 5) is 14.5. The second kappa shape index (κ2) is 9.95. The number of β-amino-alcohol motifs (C(OH)–C–C–N with tert-alkyl or cyclic N) is 1. The number of aromatic hydroxyl groups is 1. The minimum atomic E-state index is -0.688. The number of ether oxygens (including phenoxy) is 1. The van der Waals surface area contributed by atoms with Crippen molar-refractivity contribution in [3.8, 4) is 11.6 Å². The van der Waals surface area contributed by atoms with Crippen molar-refractivity contribution >= 4 is 40.0 Å². The third-order valence-corrected chi connectivity index (χ3v) is 6.24. The van der Waals surface area contributed by atoms with Crippen molar-refractivity contribution in [3.63, 3.8) is 0 Å². The van der Waals surface area contributed by atoms with E-state index in [1.165, 1.54) is 0 Å². The maximum absolute atomic E-state index is 12.4. The molecule has 1 fully saturated rings. The molecule has 1 atom stereocenters. The molecule has 1 aromatic heterocycles. The monoisotopic (exact) mass is 478 g/mol. The molecule has 2 aromatic carbocycles. The van der Waals surface area contributed by atoms with Crippen LogP contribution in [0.2, 0.25) is 10.0 Å². The van der Waals surface area contributed by atoms with Crippen LogP contribution in [0.25, 0.3) is 10.9 Å². The maximum atomic E-state index is 12.4. The standard InChI is InChI=1S/C22H24Cl2N4O4/c23-18-4-2-16(10-19(18)24)32-15-5-7-28(8-6-15)12-14(29)11-25-21(30)13-1-3-17-20(9-13)26-27-22(17)31/h1-4,9-10,14-15,29H,5-8,11-12H2,(H,25,30)(H2,26,27,31)/t14-/m1/s1. The number of fused-ring (bicyclic) bond motifs is 1. The quantitative estimate of drug-likeness (QED) is 0.414. The van der Waals surface area contributed by atoms with Gasteiger partial charge in [-0.3, -0.25) is 9.89 Å². The zero-order chi connectivity index (χ0) is 22.7. The van der Waals surface area contributed by atoms with Crippen molar-refractivity contribution in [2.45, 2.75) is 25.0 Å². The average Bonchev–Trinajstić information content (AvgIpc) is 3.16. The second-order valence-electron chi connectivity index (χ2n) is 7.87. The molecule has 4 N–H and O–H groups in total. The van der Waals surface area contributed by atoms with Crippen LogP contribution >= 0.6 is 23.2 Å². The number of halogens is 2. The average molecular weight is 479 g/mol. The number of benzene rings is 2. The van der Waals surface area contributed by atoms with Gasteiger partial charge in [0.05, 0.1) is 27.1 Å². The highest BCUT2D eigenvalue weighted by molar-refractivity contribution is 6.42. The largest absolute Gasteiger partial charge is 0.492 e. The molecule has 8 nitrogen and oxygen atoms in total. The molecule has 10 heteroatoms. The van der Waals surface area contributed by atoms with E-state index < -0.39 is 6.10 Å². The fraction of sp³-hybridized carbons (Fsp3) is 0.364. The lowest BCUT2D eigenvalue weighted by molar-refractivity contribution is 0.0594. The summed E-state index contributed by atoms with van der Waals surface area (Å²) in [6.07, 6.45) is 1.05. The molecule has 0 saturated carbocycles. The Kier molecular flexibility index (Phi) is 7.05. The highest BCUT2D eigenvalue weighted by Crippen LogP contribution is 2.28. The van der Waals surface area contributed by atoms with Crippen LogP contribution in [-0.2, 0) is 0 Å². The summed E-state index contributed by atoms with van der Waals surface area (Å²) in [6.45, 7) is 2.19. The molecule has 3 aromatic rings. The van der Waals surface area contributed by atoms with Crippen LogP contribution in [0.3, 0.4) is 0 Å². The number of nitrogens with one attached hydrogen (secondary N) is 2. The summed E-state index contributed by atoms with van der Waals surface area (Å²) in [5, 5.41) is 30.6. The van der Waals surface area contributed by atoms with Gasteiger partial charge in [0, 0.05) is 37.8 Å². The molecule has 0 bridgehead atoms. The second-order valence-corrected chi connectivity index (χ2v) is 8.68. The summed E-state index contributed by atoms with van der Waals surface area (Å²) in [5.74, 6) is 0.298. The van der Waals surface area contributed by atoms with Gasteiger partial charge in [0.25, 0.3) is 5.91 Å². The molecule has 0 spiro atoms. The first-order valence-electron chi connectivity index (χ1n) is 10.4. The Bertz CT molecular complexity index is 1100. The molecular weight excluding hydrogens is 455 g/mol. The van der Waals surface area contributed by atoms with Crippen LogP contribution in [-0.4, -0.2) is 69.6 Å². The van der Waals surface area contributed by atoms with E-state index in [0.717, 1.165) is 25.9 Å². The third-order valence-electron chi connectivity index (χ3n) is 5.50. The van der Waals surface area contributed by atoms with Crippen LogP contribution < -0.4 is 10.1 Å². The van der Waals surface area contributed by atoms with Crippen LogP contribution in [0, 0.1) is 0 Å². The molecule has 2 heterocycles. The van der Waals surface area contributed by atoms with E-state index in [-0.39, 0.29) is 24.4 Å². The van der Waals surface area contributed by atoms with Crippen molar-refractivity contribution in [2.24, 2.45) is 0 Å². The fourth-order valence-electron chi connectivity index (χ4n) is 3.77. The molecule has 170 valence electrons. The number of piperidine rings is 1. The predicted octanol–water partition coefficient (Wildman–Crippen LogP) is 3.21. The smallest absolute Gasteiger partial charge is 0.251 e. The lowest BCUT2D eigenvalue weighted by Gasteiger charge is -2.33. The minimum absolute atomic E-state index is 0.0807. The van der Waals surface area contributed by atoms with E-state index in [1.807, 2.05) is 0 Å². The van der Waals surface area contributed by atoms with Crippen molar-refractivity contribution in [1.82, 2.24) is 20.4 Å². The number of rotatable bonds is 7. The number of hydrogen-bond acceptors (Lipinski definition) is 6. The van der Waals surface area contributed by atoms with E-state index >= 15 is 0 Å². The first-order valence-corrected chi connectivity index (χ1v) is 11.1. The molecule has 0 unspecified atom stereocenters. The topological polar surface area (TPSA) is 111 Å². The number of H-pyrrole nitrogens is 1. The first kappa shape index (κ1) is 22.7. The molecule has 1 amide bonds. The summed E-state index contributed by atoms with van der Waals surface area (Å²) >= 11 is 12.0. The summed E-state index contributed by atoms with van der Waals surface area (Å²) in [6, 6.07) is 10.1. The third kappa shape index (κ3) is 5.45. The molecule has 1 aliphatic rings. The van der Waals surface area contributed by atoms with Gasteiger partial charge in [-0.2, -0.15) is 0 Å². The molecule has 4 rings (SSSR count). The van der Waals surface area contributed by atoms with Gasteiger partial charge in [-0.05, 0) is 43.2 Å². The number of carbonyl (C=O) groups excluding carboxylic acids is 1. The number of likely N-dealkylation sites (tertiary alicyclic amines) is 1. The zero-order valence-corrected chi connectivity index (χ0v) is 18.7. The van der Waals surface area contributed by atoms with Gasteiger partial charge in [0.15, 0.2) is 0 Å². The highest BCUT2D eigenvalue weighted by atomic mass is 35.5. The molecule has 0 radical (unpaired) electrons. The van der Waals surface area contributed by atoms with E-state index in [1.54, 1.807) is 36.4 Å². The van der Waals surface area contributed by atoms with Gasteiger partial charge < -0.3 is 25.2 Å². The van der Waals surface area contributed by atoms with Crippen molar-refractivity contribution in [3.05, 3.63) is 52.0 Å². The van der Waals surface area contributed by atoms with E-state index in [4.69, 9.17) is 27.9 Å². The number of nitrogens with zero attached hydrogens (tertiary/aromatic N) is 2. The summed E-state index contributed by atoms with van der Waals surface area (Å²) in [5.41, 5.74) is 0.996. The van der Waals surface area contributed by atoms with E-state index in [0.29, 0.717) is 38.8 Å². The fourth-order valence-corrected chi connectivity index (χ4v) is 4.06. The van der Waals surface area contributed by atoms with Crippen LogP contribution in [0.15, 0.2) is 36.4 Å². The molecule has 0 aliphatic carbocycles. The highest BCUT2D eigenvalue weighted by Gasteiger charge is 2.23. The normalized spacial score (nSPS) is 16.2. The number of aromatic nitrogens is 2. The van der Waals surface area contributed by atoms with Crippen LogP contribution in [0.1, 0.15) is 23.2 Å². The Morgan fingerprint density at radius 3 is 2.75 bits per heavy atom. The molecule has 1 saturated heterocycles. The number of carbonyl (C=O) groups is 1. The van der Waals surface area contributed by atoms with E-state index in [9.17, 15) is 15.0 Å². The zero-order valence-electron chi connectivity index (χ0n) is 17.2. The Balaban J connectivity index is 1.20. The number of aliphatic hydroxyl groups is 1. The first-order chi connectivity index (χ1) is 15.4. The van der Waals surface area contributed by atoms with E-state index in [2.05, 4.69) is 20.4 Å². The minimum Gasteiger partial charge on any atom is -0.492 e. The van der Waals surface area contributed by atoms with Gasteiger partial charge in [0.2, 0.25) is 5.88 Å². The Morgan fingerprint density at radius 2 is 2.00 bits per heavy atom. The molecular formula is C22H24Cl2N4O4. The Labute approximate surface area is 195 Å². The molecule has 32 heavy (non-hydrogen) atoms. The van der Waals surface area contributed by atoms with Crippen LogP contribution in [0.5, 0.6) is 11.6 Å². The van der Waals surface area contributed by atoms with Crippen molar-refractivity contribution in [1.29, 1.82) is 0 Å². The number of aliphatic hydroxyl groups excluding tert-OH is 1.